The molecule has 0 amide bonds. The summed E-state index contributed by atoms with van der Waals surface area (Å²) >= 11 is 0. The quantitative estimate of drug-likeness (QED) is 0.0279. The van der Waals surface area contributed by atoms with Gasteiger partial charge in [-0.05, 0) is 51.4 Å². The van der Waals surface area contributed by atoms with Crippen LogP contribution in [-0.4, -0.2) is 49.3 Å². The summed E-state index contributed by atoms with van der Waals surface area (Å²) in [7, 11) is -4.39. The topological polar surface area (TPSA) is 134 Å². The number of unbranched alkanes of at least 4 members (excludes halogenated alkanes) is 13. The third-order valence-electron chi connectivity index (χ3n) is 7.92. The highest BCUT2D eigenvalue weighted by atomic mass is 31.2. The molecule has 0 saturated carbocycles. The molecule has 0 aliphatic heterocycles. The predicted octanol–water partition coefficient (Wildman–Crippen LogP) is 10.9. The summed E-state index contributed by atoms with van der Waals surface area (Å²) < 4.78 is 32.6. The van der Waals surface area contributed by atoms with Crippen molar-refractivity contribution in [2.24, 2.45) is 5.73 Å². The Labute approximate surface area is 310 Å². The zero-order valence-corrected chi connectivity index (χ0v) is 33.0. The van der Waals surface area contributed by atoms with Crippen molar-refractivity contribution >= 4 is 19.8 Å². The van der Waals surface area contributed by atoms with Gasteiger partial charge in [-0.1, -0.05) is 152 Å². The van der Waals surface area contributed by atoms with E-state index in [0.29, 0.717) is 12.8 Å². The maximum atomic E-state index is 12.5. The van der Waals surface area contributed by atoms with Crippen LogP contribution in [0.2, 0.25) is 0 Å². The number of ether oxygens (including phenoxy) is 2. The summed E-state index contributed by atoms with van der Waals surface area (Å²) in [5.41, 5.74) is 5.33. The molecule has 2 atom stereocenters. The fourth-order valence-electron chi connectivity index (χ4n) is 5.02. The average molecular weight is 738 g/mol. The Hall–Kier alpha value is -2.29. The molecule has 0 spiro atoms. The fourth-order valence-corrected chi connectivity index (χ4v) is 5.79. The van der Waals surface area contributed by atoms with Crippen LogP contribution in [0.4, 0.5) is 0 Å². The summed E-state index contributed by atoms with van der Waals surface area (Å²) in [6, 6.07) is 0. The number of nitrogens with two attached hydrogens (primary N) is 1. The summed E-state index contributed by atoms with van der Waals surface area (Å²) in [4.78, 5) is 34.7. The molecular weight excluding hydrogens is 665 g/mol. The molecule has 10 heteroatoms. The van der Waals surface area contributed by atoms with Crippen LogP contribution in [0.5, 0.6) is 0 Å². The number of allylic oxidation sites excluding steroid dienone is 10. The van der Waals surface area contributed by atoms with Crippen molar-refractivity contribution in [3.8, 4) is 0 Å². The Bertz CT molecular complexity index is 1020. The summed E-state index contributed by atoms with van der Waals surface area (Å²) in [5.74, 6) is -0.900. The average Bonchev–Trinajstić information content (AvgIpc) is 3.11. The normalized spacial score (nSPS) is 14.0. The second-order valence-corrected chi connectivity index (χ2v) is 14.2. The smallest absolute Gasteiger partial charge is 0.462 e. The Balaban J connectivity index is 4.32. The molecule has 9 nitrogen and oxygen atoms in total. The minimum Gasteiger partial charge on any atom is -0.462 e. The minimum absolute atomic E-state index is 0.0427. The van der Waals surface area contributed by atoms with Crippen molar-refractivity contribution in [3.05, 3.63) is 60.8 Å². The van der Waals surface area contributed by atoms with E-state index in [0.717, 1.165) is 51.4 Å². The highest BCUT2D eigenvalue weighted by molar-refractivity contribution is 7.47. The van der Waals surface area contributed by atoms with E-state index in [1.165, 1.54) is 64.2 Å². The highest BCUT2D eigenvalue weighted by Crippen LogP contribution is 2.43. The molecule has 2 unspecified atom stereocenters. The van der Waals surface area contributed by atoms with E-state index in [4.69, 9.17) is 24.3 Å². The molecule has 0 fully saturated rings. The molecule has 0 radical (unpaired) electrons. The van der Waals surface area contributed by atoms with Crippen molar-refractivity contribution in [2.75, 3.05) is 26.4 Å². The zero-order chi connectivity index (χ0) is 37.5. The van der Waals surface area contributed by atoms with Crippen molar-refractivity contribution in [1.29, 1.82) is 0 Å². The number of carbonyl (C=O) groups excluding carboxylic acids is 2. The molecule has 0 aromatic carbocycles. The molecule has 51 heavy (non-hydrogen) atoms. The van der Waals surface area contributed by atoms with Crippen molar-refractivity contribution in [1.82, 2.24) is 0 Å². The first-order valence-electron chi connectivity index (χ1n) is 19.8. The maximum absolute atomic E-state index is 12.5. The van der Waals surface area contributed by atoms with Crippen molar-refractivity contribution in [3.63, 3.8) is 0 Å². The van der Waals surface area contributed by atoms with Gasteiger partial charge in [0.15, 0.2) is 6.10 Å². The Morgan fingerprint density at radius 2 is 1.08 bits per heavy atom. The van der Waals surface area contributed by atoms with E-state index in [9.17, 15) is 19.0 Å². The van der Waals surface area contributed by atoms with Gasteiger partial charge < -0.3 is 20.1 Å². The van der Waals surface area contributed by atoms with Gasteiger partial charge in [0.25, 0.3) is 0 Å². The predicted molar refractivity (Wildman–Crippen MR) is 210 cm³/mol. The second kappa shape index (κ2) is 37.5. The second-order valence-electron chi connectivity index (χ2n) is 12.8. The maximum Gasteiger partial charge on any atom is 0.472 e. The number of hydrogen-bond donors (Lipinski definition) is 2. The van der Waals surface area contributed by atoms with E-state index >= 15 is 0 Å². The van der Waals surface area contributed by atoms with Crippen LogP contribution in [0.3, 0.4) is 0 Å². The van der Waals surface area contributed by atoms with E-state index < -0.39 is 32.5 Å². The number of phosphoric acid groups is 1. The van der Waals surface area contributed by atoms with E-state index in [1.807, 2.05) is 6.08 Å². The largest absolute Gasteiger partial charge is 0.472 e. The van der Waals surface area contributed by atoms with Gasteiger partial charge in [-0.3, -0.25) is 18.6 Å². The number of rotatable bonds is 36. The fraction of sp³-hybridized carbons (Fsp3) is 0.707. The molecule has 294 valence electrons. The Morgan fingerprint density at radius 3 is 1.59 bits per heavy atom. The molecule has 3 N–H and O–H groups in total. The van der Waals surface area contributed by atoms with Crippen LogP contribution >= 0.6 is 7.82 Å². The SMILES string of the molecule is CCC=CCC=CCC=CCC=CCC=CCCCC(=O)OC(COC(=O)CCCCCCCCCCCCCCC)COP(=O)(O)OCCN. The summed E-state index contributed by atoms with van der Waals surface area (Å²) in [5, 5.41) is 0. The first-order chi connectivity index (χ1) is 24.8. The van der Waals surface area contributed by atoms with Crippen molar-refractivity contribution in [2.45, 2.75) is 161 Å². The summed E-state index contributed by atoms with van der Waals surface area (Å²) in [6.07, 6.45) is 42.6. The minimum atomic E-state index is -4.39. The Morgan fingerprint density at radius 1 is 0.608 bits per heavy atom. The van der Waals surface area contributed by atoms with Crippen LogP contribution < -0.4 is 5.73 Å². The van der Waals surface area contributed by atoms with Crippen LogP contribution in [0.25, 0.3) is 0 Å². The van der Waals surface area contributed by atoms with Gasteiger partial charge in [-0.2, -0.15) is 0 Å². The van der Waals surface area contributed by atoms with Gasteiger partial charge in [-0.15, -0.1) is 0 Å². The standard InChI is InChI=1S/C41H72NO8P/c1-3-5-7-9-11-13-15-17-18-19-20-22-24-26-28-30-32-34-41(44)50-39(38-49-51(45,46)48-36-35-42)37-47-40(43)33-31-29-27-25-23-21-16-14-12-10-8-6-4-2/h5,7,11,13,17-18,20,22,26,28,39H,3-4,6,8-10,12,14-16,19,21,23-25,27,29-38,42H2,1-2H3,(H,45,46). The van der Waals surface area contributed by atoms with Crippen LogP contribution in [0.1, 0.15) is 155 Å². The highest BCUT2D eigenvalue weighted by Gasteiger charge is 2.25. The van der Waals surface area contributed by atoms with Crippen LogP contribution in [-0.2, 0) is 32.7 Å². The first kappa shape index (κ1) is 48.7. The lowest BCUT2D eigenvalue weighted by atomic mass is 10.0. The van der Waals surface area contributed by atoms with Crippen molar-refractivity contribution < 1.29 is 37.6 Å². The molecule has 0 aliphatic rings. The molecule has 0 bridgehead atoms. The van der Waals surface area contributed by atoms with Gasteiger partial charge >= 0.3 is 19.8 Å². The number of phosphoric ester groups is 1. The molecule has 0 heterocycles. The monoisotopic (exact) mass is 737 g/mol. The van der Waals surface area contributed by atoms with Crippen LogP contribution in [0, 0.1) is 0 Å². The lowest BCUT2D eigenvalue weighted by molar-refractivity contribution is -0.161. The third-order valence-corrected chi connectivity index (χ3v) is 8.90. The summed E-state index contributed by atoms with van der Waals surface area (Å²) in [6.45, 7) is 3.53. The van der Waals surface area contributed by atoms with Gasteiger partial charge in [0.2, 0.25) is 0 Å². The lowest BCUT2D eigenvalue weighted by Gasteiger charge is -2.19. The molecule has 0 aromatic rings. The molecule has 0 rings (SSSR count). The van der Waals surface area contributed by atoms with Crippen LogP contribution in [0.15, 0.2) is 60.8 Å². The molecule has 0 aromatic heterocycles. The number of carbonyl (C=O) groups is 2. The molecule has 0 aliphatic carbocycles. The first-order valence-corrected chi connectivity index (χ1v) is 21.3. The van der Waals surface area contributed by atoms with E-state index in [1.54, 1.807) is 0 Å². The van der Waals surface area contributed by atoms with Gasteiger partial charge in [-0.25, -0.2) is 4.57 Å². The van der Waals surface area contributed by atoms with Gasteiger partial charge in [0.1, 0.15) is 6.61 Å². The number of esters is 2. The number of hydrogen-bond acceptors (Lipinski definition) is 8. The van der Waals surface area contributed by atoms with E-state index in [-0.39, 0.29) is 32.6 Å². The van der Waals surface area contributed by atoms with Gasteiger partial charge in [0, 0.05) is 19.4 Å². The van der Waals surface area contributed by atoms with Gasteiger partial charge in [0.05, 0.1) is 13.2 Å². The third kappa shape index (κ3) is 37.3. The molecular formula is C41H72NO8P. The lowest BCUT2D eigenvalue weighted by Crippen LogP contribution is -2.29. The zero-order valence-electron chi connectivity index (χ0n) is 32.1. The Kier molecular flexibility index (Phi) is 35.8. The molecule has 0 saturated heterocycles. The van der Waals surface area contributed by atoms with E-state index in [2.05, 4.69) is 68.5 Å².